The summed E-state index contributed by atoms with van der Waals surface area (Å²) in [6, 6.07) is -7.11. The van der Waals surface area contributed by atoms with Crippen LogP contribution in [0.5, 0.6) is 0 Å². The summed E-state index contributed by atoms with van der Waals surface area (Å²) in [5, 5.41) is 10.0. The summed E-state index contributed by atoms with van der Waals surface area (Å²) in [5.74, 6) is -5.53. The predicted octanol–water partition coefficient (Wildman–Crippen LogP) is 0.203. The summed E-state index contributed by atoms with van der Waals surface area (Å²) in [4.78, 5) is 97.5. The molecular formula is C18H22N6O10. The van der Waals surface area contributed by atoms with Crippen LogP contribution < -0.4 is 10.6 Å². The van der Waals surface area contributed by atoms with Crippen molar-refractivity contribution in [2.75, 3.05) is 0 Å². The number of nitrogens with one attached hydrogen (secondary N) is 2. The third-order valence-electron chi connectivity index (χ3n) is 3.72. The zero-order valence-corrected chi connectivity index (χ0v) is 19.0. The summed E-state index contributed by atoms with van der Waals surface area (Å²) in [7, 11) is 0. The molecule has 0 bridgehead atoms. The fourth-order valence-electron chi connectivity index (χ4n) is 2.43. The lowest BCUT2D eigenvalue weighted by Gasteiger charge is -2.30. The number of hydrogen-bond acceptors (Lipinski definition) is 12. The Labute approximate surface area is 192 Å². The Morgan fingerprint density at radius 1 is 0.676 bits per heavy atom. The molecule has 0 spiro atoms. The number of imide groups is 8. The van der Waals surface area contributed by atoms with E-state index < -0.39 is 71.2 Å². The third-order valence-corrected chi connectivity index (χ3v) is 3.72. The first-order chi connectivity index (χ1) is 15.4. The molecule has 2 saturated heterocycles. The zero-order chi connectivity index (χ0) is 26.2. The van der Waals surface area contributed by atoms with Gasteiger partial charge in [0, 0.05) is 0 Å². The van der Waals surface area contributed by atoms with Crippen LogP contribution in [0.4, 0.5) is 19.2 Å². The molecule has 2 heterocycles. The highest BCUT2D eigenvalue weighted by molar-refractivity contribution is 6.25. The molecule has 0 aromatic rings. The van der Waals surface area contributed by atoms with Gasteiger partial charge in [0.15, 0.2) is 0 Å². The lowest BCUT2D eigenvalue weighted by molar-refractivity contribution is -0.141. The highest BCUT2D eigenvalue weighted by Gasteiger charge is 2.48. The average molecular weight is 482 g/mol. The standard InChI is InChI=1S/C18H22N6O10/c1-17(2,3)33-15(31)23-11(27)7(9(25)19-13(23)29)21-22-8-10(26)20-14(30)24(12(8)28)16(32)34-18(4,5)6/h7-8H,1-6H3,(H,19,25,29)(H,20,26,30). The SMILES string of the molecule is CC(C)(C)OC(=O)N1C(=O)NC(=O)C(N=NC2C(=O)NC(=O)N(C(=O)OC(C)(C)C)C2=O)C1=O. The fourth-order valence-corrected chi connectivity index (χ4v) is 2.43. The Hall–Kier alpha value is -4.24. The van der Waals surface area contributed by atoms with E-state index in [9.17, 15) is 38.4 Å². The number of nitrogens with zero attached hydrogens (tertiary/aromatic N) is 4. The number of hydrogen-bond donors (Lipinski definition) is 2. The minimum absolute atomic E-state index is 0.0321. The van der Waals surface area contributed by atoms with E-state index in [1.807, 2.05) is 0 Å². The van der Waals surface area contributed by atoms with Crippen LogP contribution in [0, 0.1) is 0 Å². The van der Waals surface area contributed by atoms with Crippen molar-refractivity contribution >= 4 is 47.9 Å². The number of barbiturate groups is 2. The van der Waals surface area contributed by atoms with E-state index >= 15 is 0 Å². The van der Waals surface area contributed by atoms with Crippen molar-refractivity contribution in [2.45, 2.75) is 64.8 Å². The topological polar surface area (TPSA) is 210 Å². The van der Waals surface area contributed by atoms with Gasteiger partial charge < -0.3 is 9.47 Å². The number of rotatable bonds is 2. The Morgan fingerprint density at radius 2 is 0.971 bits per heavy atom. The van der Waals surface area contributed by atoms with E-state index in [2.05, 4.69) is 10.2 Å². The van der Waals surface area contributed by atoms with Crippen molar-refractivity contribution in [1.29, 1.82) is 0 Å². The molecule has 0 saturated carbocycles. The van der Waals surface area contributed by atoms with Crippen molar-refractivity contribution < 1.29 is 47.8 Å². The van der Waals surface area contributed by atoms with Crippen LogP contribution >= 0.6 is 0 Å². The van der Waals surface area contributed by atoms with Gasteiger partial charge in [-0.05, 0) is 41.5 Å². The second kappa shape index (κ2) is 8.95. The maximum Gasteiger partial charge on any atom is 0.425 e. The van der Waals surface area contributed by atoms with Crippen LogP contribution in [0.1, 0.15) is 41.5 Å². The van der Waals surface area contributed by atoms with Crippen LogP contribution in [0.25, 0.3) is 0 Å². The number of carbonyl (C=O) groups is 8. The van der Waals surface area contributed by atoms with Crippen LogP contribution in [0.2, 0.25) is 0 Å². The van der Waals surface area contributed by atoms with Gasteiger partial charge in [-0.3, -0.25) is 29.8 Å². The first-order valence-electron chi connectivity index (χ1n) is 9.66. The molecular weight excluding hydrogens is 460 g/mol. The maximum absolute atomic E-state index is 12.6. The van der Waals surface area contributed by atoms with Crippen molar-refractivity contribution in [3.8, 4) is 0 Å². The van der Waals surface area contributed by atoms with E-state index in [0.717, 1.165) is 0 Å². The molecule has 2 unspecified atom stereocenters. The van der Waals surface area contributed by atoms with Crippen LogP contribution in [0.3, 0.4) is 0 Å². The fraction of sp³-hybridized carbons (Fsp3) is 0.556. The monoisotopic (exact) mass is 482 g/mol. The van der Waals surface area contributed by atoms with Crippen LogP contribution in [-0.2, 0) is 28.7 Å². The second-order valence-corrected chi connectivity index (χ2v) is 8.93. The first-order valence-corrected chi connectivity index (χ1v) is 9.66. The van der Waals surface area contributed by atoms with Gasteiger partial charge in [-0.25, -0.2) is 19.2 Å². The average Bonchev–Trinajstić information content (AvgIpc) is 2.59. The molecule has 0 aromatic carbocycles. The van der Waals surface area contributed by atoms with Gasteiger partial charge in [0.1, 0.15) is 11.2 Å². The molecule has 2 N–H and O–H groups in total. The van der Waals surface area contributed by atoms with Gasteiger partial charge in [-0.15, -0.1) is 0 Å². The molecule has 0 aromatic heterocycles. The Kier molecular flexibility index (Phi) is 6.85. The molecule has 34 heavy (non-hydrogen) atoms. The van der Waals surface area contributed by atoms with Crippen molar-refractivity contribution in [3.05, 3.63) is 0 Å². The van der Waals surface area contributed by atoms with Gasteiger partial charge in [-0.2, -0.15) is 20.0 Å². The number of urea groups is 2. The van der Waals surface area contributed by atoms with Crippen molar-refractivity contribution in [1.82, 2.24) is 20.4 Å². The van der Waals surface area contributed by atoms with Crippen LogP contribution in [-0.4, -0.2) is 81.0 Å². The summed E-state index contributed by atoms with van der Waals surface area (Å²) in [6.07, 6.45) is -2.81. The van der Waals surface area contributed by atoms with E-state index in [0.29, 0.717) is 0 Å². The second-order valence-electron chi connectivity index (χ2n) is 8.93. The Bertz CT molecular complexity index is 941. The maximum atomic E-state index is 12.6. The molecule has 16 nitrogen and oxygen atoms in total. The minimum atomic E-state index is -2.15. The normalized spacial score (nSPS) is 22.1. The molecule has 2 aliphatic heterocycles. The summed E-state index contributed by atoms with van der Waals surface area (Å²) in [6.45, 7) is 8.78. The van der Waals surface area contributed by atoms with Crippen LogP contribution in [0.15, 0.2) is 10.2 Å². The van der Waals surface area contributed by atoms with Gasteiger partial charge in [0.25, 0.3) is 23.6 Å². The highest BCUT2D eigenvalue weighted by atomic mass is 16.6. The molecule has 2 fully saturated rings. The largest absolute Gasteiger partial charge is 0.443 e. The lowest BCUT2D eigenvalue weighted by Crippen LogP contribution is -2.63. The molecule has 0 radical (unpaired) electrons. The van der Waals surface area contributed by atoms with E-state index in [4.69, 9.17) is 9.47 Å². The third kappa shape index (κ3) is 5.76. The van der Waals surface area contributed by atoms with Crippen molar-refractivity contribution in [2.24, 2.45) is 10.2 Å². The Morgan fingerprint density at radius 3 is 1.24 bits per heavy atom. The number of amides is 10. The number of carbonyl (C=O) groups excluding carboxylic acids is 8. The molecule has 10 amide bonds. The van der Waals surface area contributed by atoms with E-state index in [1.165, 1.54) is 41.5 Å². The summed E-state index contributed by atoms with van der Waals surface area (Å²) < 4.78 is 9.86. The summed E-state index contributed by atoms with van der Waals surface area (Å²) >= 11 is 0. The molecule has 0 aliphatic carbocycles. The lowest BCUT2D eigenvalue weighted by atomic mass is 10.2. The quantitative estimate of drug-likeness (QED) is 0.403. The molecule has 16 heteroatoms. The molecule has 184 valence electrons. The number of ether oxygens (including phenoxy) is 2. The van der Waals surface area contributed by atoms with Gasteiger partial charge in [0.05, 0.1) is 0 Å². The number of azo groups is 1. The van der Waals surface area contributed by atoms with Crippen molar-refractivity contribution in [3.63, 3.8) is 0 Å². The van der Waals surface area contributed by atoms with Gasteiger partial charge in [0.2, 0.25) is 12.1 Å². The smallest absolute Gasteiger partial charge is 0.425 e. The predicted molar refractivity (Wildman–Crippen MR) is 106 cm³/mol. The van der Waals surface area contributed by atoms with E-state index in [-0.39, 0.29) is 9.80 Å². The Balaban J connectivity index is 2.28. The minimum Gasteiger partial charge on any atom is -0.443 e. The van der Waals surface area contributed by atoms with E-state index in [1.54, 1.807) is 10.6 Å². The summed E-state index contributed by atoms with van der Waals surface area (Å²) in [5.41, 5.74) is -2.19. The zero-order valence-electron chi connectivity index (χ0n) is 19.0. The first kappa shape index (κ1) is 26.0. The molecule has 2 aliphatic rings. The highest BCUT2D eigenvalue weighted by Crippen LogP contribution is 2.17. The van der Waals surface area contributed by atoms with Gasteiger partial charge >= 0.3 is 24.2 Å². The molecule has 2 atom stereocenters. The van der Waals surface area contributed by atoms with Gasteiger partial charge in [-0.1, -0.05) is 0 Å². The molecule has 2 rings (SSSR count).